The lowest BCUT2D eigenvalue weighted by molar-refractivity contribution is 0.174. The summed E-state index contributed by atoms with van der Waals surface area (Å²) in [5.74, 6) is 2.30. The van der Waals surface area contributed by atoms with Gasteiger partial charge in [0.25, 0.3) is 0 Å². The first-order chi connectivity index (χ1) is 8.24. The molecule has 0 aromatic heterocycles. The largest absolute Gasteiger partial charge is 0.387 e. The summed E-state index contributed by atoms with van der Waals surface area (Å²) in [5, 5.41) is 12.9. The van der Waals surface area contributed by atoms with Crippen LogP contribution in [0.2, 0.25) is 0 Å². The van der Waals surface area contributed by atoms with Gasteiger partial charge in [-0.3, -0.25) is 0 Å². The maximum atomic E-state index is 12.7. The predicted octanol–water partition coefficient (Wildman–Crippen LogP) is 2.25. The smallest absolute Gasteiger partial charge is 0.123 e. The van der Waals surface area contributed by atoms with E-state index in [-0.39, 0.29) is 5.82 Å². The van der Waals surface area contributed by atoms with E-state index in [0.717, 1.165) is 31.4 Å². The Morgan fingerprint density at radius 1 is 1.29 bits per heavy atom. The maximum absolute atomic E-state index is 12.7. The normalized spacial score (nSPS) is 12.1. The molecule has 0 spiro atoms. The summed E-state index contributed by atoms with van der Waals surface area (Å²) in [7, 11) is 0. The molecule has 0 fully saturated rings. The van der Waals surface area contributed by atoms with Crippen LogP contribution in [0.4, 0.5) is 4.39 Å². The molecule has 0 aliphatic rings. The summed E-state index contributed by atoms with van der Waals surface area (Å²) >= 11 is 0. The number of rotatable bonds is 7. The van der Waals surface area contributed by atoms with Gasteiger partial charge in [-0.15, -0.1) is 12.3 Å². The van der Waals surface area contributed by atoms with Crippen molar-refractivity contribution in [2.75, 3.05) is 13.1 Å². The lowest BCUT2D eigenvalue weighted by atomic mass is 10.1. The minimum atomic E-state index is -0.594. The number of aliphatic hydroxyl groups is 1. The summed E-state index contributed by atoms with van der Waals surface area (Å²) in [6.45, 7) is 1.31. The van der Waals surface area contributed by atoms with Gasteiger partial charge >= 0.3 is 0 Å². The molecule has 1 aromatic carbocycles. The molecule has 0 radical (unpaired) electrons. The molecule has 2 N–H and O–H groups in total. The number of hydrogen-bond donors (Lipinski definition) is 2. The quantitative estimate of drug-likeness (QED) is 0.561. The Morgan fingerprint density at radius 3 is 2.65 bits per heavy atom. The number of terminal acetylenes is 1. The number of aliphatic hydroxyl groups excluding tert-OH is 1. The number of halogens is 1. The minimum absolute atomic E-state index is 0.289. The third-order valence-electron chi connectivity index (χ3n) is 2.52. The van der Waals surface area contributed by atoms with Crippen molar-refractivity contribution in [2.24, 2.45) is 0 Å². The Labute approximate surface area is 102 Å². The third-order valence-corrected chi connectivity index (χ3v) is 2.52. The summed E-state index contributed by atoms with van der Waals surface area (Å²) in [5.41, 5.74) is 0.725. The van der Waals surface area contributed by atoms with Crippen molar-refractivity contribution in [1.29, 1.82) is 0 Å². The highest BCUT2D eigenvalue weighted by molar-refractivity contribution is 5.18. The third kappa shape index (κ3) is 5.48. The number of hydrogen-bond acceptors (Lipinski definition) is 2. The first-order valence-electron chi connectivity index (χ1n) is 5.81. The Bertz CT molecular complexity index is 355. The van der Waals surface area contributed by atoms with Gasteiger partial charge in [0.05, 0.1) is 6.10 Å². The highest BCUT2D eigenvalue weighted by Gasteiger charge is 2.06. The van der Waals surface area contributed by atoms with E-state index in [1.807, 2.05) is 0 Å². The van der Waals surface area contributed by atoms with E-state index >= 15 is 0 Å². The molecule has 2 nitrogen and oxygen atoms in total. The van der Waals surface area contributed by atoms with Gasteiger partial charge in [0.2, 0.25) is 0 Å². The highest BCUT2D eigenvalue weighted by atomic mass is 19.1. The average Bonchev–Trinajstić information content (AvgIpc) is 2.34. The van der Waals surface area contributed by atoms with E-state index in [1.165, 1.54) is 12.1 Å². The molecule has 0 heterocycles. The van der Waals surface area contributed by atoms with Crippen LogP contribution in [0.15, 0.2) is 24.3 Å². The van der Waals surface area contributed by atoms with Gasteiger partial charge < -0.3 is 10.4 Å². The Morgan fingerprint density at radius 2 is 2.00 bits per heavy atom. The van der Waals surface area contributed by atoms with E-state index < -0.39 is 6.10 Å². The van der Waals surface area contributed by atoms with Gasteiger partial charge in [-0.25, -0.2) is 4.39 Å². The van der Waals surface area contributed by atoms with Gasteiger partial charge in [0.1, 0.15) is 5.82 Å². The van der Waals surface area contributed by atoms with Crippen LogP contribution in [0.25, 0.3) is 0 Å². The molecule has 3 heteroatoms. The monoisotopic (exact) mass is 235 g/mol. The summed E-state index contributed by atoms with van der Waals surface area (Å²) < 4.78 is 12.7. The van der Waals surface area contributed by atoms with Gasteiger partial charge in [-0.2, -0.15) is 0 Å². The summed E-state index contributed by atoms with van der Waals surface area (Å²) in [6.07, 6.45) is 7.33. The van der Waals surface area contributed by atoms with Crippen LogP contribution in [0, 0.1) is 18.2 Å². The van der Waals surface area contributed by atoms with E-state index in [9.17, 15) is 9.50 Å². The van der Waals surface area contributed by atoms with E-state index in [2.05, 4.69) is 11.2 Å². The molecule has 1 aromatic rings. The van der Waals surface area contributed by atoms with Crippen LogP contribution in [0.3, 0.4) is 0 Å². The van der Waals surface area contributed by atoms with E-state index in [0.29, 0.717) is 6.54 Å². The number of nitrogens with one attached hydrogen (secondary N) is 1. The fourth-order valence-corrected chi connectivity index (χ4v) is 1.52. The van der Waals surface area contributed by atoms with Crippen molar-refractivity contribution in [1.82, 2.24) is 5.32 Å². The zero-order chi connectivity index (χ0) is 12.5. The fraction of sp³-hybridized carbons (Fsp3) is 0.429. The lowest BCUT2D eigenvalue weighted by Crippen LogP contribution is -2.22. The molecular formula is C14H18FNO. The topological polar surface area (TPSA) is 32.3 Å². The van der Waals surface area contributed by atoms with Crippen LogP contribution in [-0.2, 0) is 0 Å². The Balaban J connectivity index is 2.19. The van der Waals surface area contributed by atoms with Crippen molar-refractivity contribution in [3.63, 3.8) is 0 Å². The predicted molar refractivity (Wildman–Crippen MR) is 66.9 cm³/mol. The standard InChI is InChI=1S/C14H18FNO/c1-2-3-4-5-10-16-11-14(17)12-6-8-13(15)9-7-12/h1,6-9,14,16-17H,3-5,10-11H2. The van der Waals surface area contributed by atoms with Gasteiger partial charge in [-0.05, 0) is 37.1 Å². The van der Waals surface area contributed by atoms with E-state index in [1.54, 1.807) is 12.1 Å². The van der Waals surface area contributed by atoms with Crippen molar-refractivity contribution < 1.29 is 9.50 Å². The van der Waals surface area contributed by atoms with Crippen LogP contribution < -0.4 is 5.32 Å². The second-order valence-electron chi connectivity index (χ2n) is 3.93. The van der Waals surface area contributed by atoms with Crippen LogP contribution in [0.1, 0.15) is 30.9 Å². The number of unbranched alkanes of at least 4 members (excludes halogenated alkanes) is 2. The van der Waals surface area contributed by atoms with Crippen molar-refractivity contribution in [2.45, 2.75) is 25.4 Å². The molecule has 0 bridgehead atoms. The molecule has 0 saturated carbocycles. The molecule has 0 amide bonds. The first kappa shape index (κ1) is 13.7. The van der Waals surface area contributed by atoms with Crippen LogP contribution >= 0.6 is 0 Å². The fourth-order valence-electron chi connectivity index (χ4n) is 1.52. The van der Waals surface area contributed by atoms with E-state index in [4.69, 9.17) is 6.42 Å². The molecule has 0 aliphatic heterocycles. The summed E-state index contributed by atoms with van der Waals surface area (Å²) in [4.78, 5) is 0. The Hall–Kier alpha value is -1.37. The lowest BCUT2D eigenvalue weighted by Gasteiger charge is -2.11. The molecule has 92 valence electrons. The molecule has 1 unspecified atom stereocenters. The highest BCUT2D eigenvalue weighted by Crippen LogP contribution is 2.12. The molecule has 0 aliphatic carbocycles. The molecule has 1 atom stereocenters. The molecule has 0 saturated heterocycles. The van der Waals surface area contributed by atoms with Gasteiger partial charge in [0.15, 0.2) is 0 Å². The van der Waals surface area contributed by atoms with Gasteiger partial charge in [-0.1, -0.05) is 12.1 Å². The summed E-state index contributed by atoms with van der Waals surface area (Å²) in [6, 6.07) is 5.90. The number of benzene rings is 1. The van der Waals surface area contributed by atoms with Crippen LogP contribution in [-0.4, -0.2) is 18.2 Å². The van der Waals surface area contributed by atoms with Crippen molar-refractivity contribution in [3.8, 4) is 12.3 Å². The zero-order valence-electron chi connectivity index (χ0n) is 9.82. The van der Waals surface area contributed by atoms with Crippen LogP contribution in [0.5, 0.6) is 0 Å². The second kappa shape index (κ2) is 7.83. The Kier molecular flexibility index (Phi) is 6.31. The zero-order valence-corrected chi connectivity index (χ0v) is 9.82. The average molecular weight is 235 g/mol. The molecular weight excluding hydrogens is 217 g/mol. The maximum Gasteiger partial charge on any atom is 0.123 e. The first-order valence-corrected chi connectivity index (χ1v) is 5.81. The molecule has 1 rings (SSSR count). The van der Waals surface area contributed by atoms with Gasteiger partial charge in [0, 0.05) is 13.0 Å². The van der Waals surface area contributed by atoms with Crippen molar-refractivity contribution >= 4 is 0 Å². The van der Waals surface area contributed by atoms with Crippen molar-refractivity contribution in [3.05, 3.63) is 35.6 Å². The second-order valence-corrected chi connectivity index (χ2v) is 3.93. The minimum Gasteiger partial charge on any atom is -0.387 e. The molecule has 17 heavy (non-hydrogen) atoms. The SMILES string of the molecule is C#CCCCCNCC(O)c1ccc(F)cc1.